The minimum absolute atomic E-state index is 0.162. The van der Waals surface area contributed by atoms with Gasteiger partial charge < -0.3 is 19.6 Å². The Bertz CT molecular complexity index is 626. The van der Waals surface area contributed by atoms with Gasteiger partial charge in [0.25, 0.3) is 0 Å². The van der Waals surface area contributed by atoms with Crippen molar-refractivity contribution in [1.82, 2.24) is 9.55 Å². The van der Waals surface area contributed by atoms with Crippen molar-refractivity contribution in [1.29, 1.82) is 0 Å². The van der Waals surface area contributed by atoms with Gasteiger partial charge in [0.2, 0.25) is 0 Å². The summed E-state index contributed by atoms with van der Waals surface area (Å²) in [6, 6.07) is 10.2. The molecule has 0 fully saturated rings. The average Bonchev–Trinajstić information content (AvgIpc) is 2.92. The van der Waals surface area contributed by atoms with Crippen LogP contribution in [0.3, 0.4) is 0 Å². The van der Waals surface area contributed by atoms with Crippen LogP contribution in [0.5, 0.6) is 6.01 Å². The lowest BCUT2D eigenvalue weighted by molar-refractivity contribution is -0.389. The second kappa shape index (κ2) is 5.92. The molecule has 1 aromatic carbocycles. The van der Waals surface area contributed by atoms with Crippen molar-refractivity contribution in [2.24, 2.45) is 5.92 Å². The van der Waals surface area contributed by atoms with Gasteiger partial charge in [0, 0.05) is 17.4 Å². The number of nitro groups is 1. The molecule has 0 amide bonds. The molecule has 1 aromatic heterocycles. The normalized spacial score (nSPS) is 17.0. The predicted molar refractivity (Wildman–Crippen MR) is 74.0 cm³/mol. The highest BCUT2D eigenvalue weighted by Gasteiger charge is 2.27. The van der Waals surface area contributed by atoms with E-state index in [0.717, 1.165) is 5.56 Å². The summed E-state index contributed by atoms with van der Waals surface area (Å²) in [5.41, 5.74) is 1.12. The Labute approximate surface area is 121 Å². The van der Waals surface area contributed by atoms with Gasteiger partial charge in [0.1, 0.15) is 12.8 Å². The lowest BCUT2D eigenvalue weighted by Gasteiger charge is -2.21. The van der Waals surface area contributed by atoms with E-state index in [0.29, 0.717) is 32.4 Å². The predicted octanol–water partition coefficient (Wildman–Crippen LogP) is 2.02. The highest BCUT2D eigenvalue weighted by molar-refractivity contribution is 5.21. The molecule has 0 saturated carbocycles. The molecule has 21 heavy (non-hydrogen) atoms. The van der Waals surface area contributed by atoms with Crippen molar-refractivity contribution in [2.45, 2.75) is 13.2 Å². The first-order valence-corrected chi connectivity index (χ1v) is 6.68. The number of rotatable bonds is 5. The highest BCUT2D eigenvalue weighted by atomic mass is 16.6. The minimum Gasteiger partial charge on any atom is -0.445 e. The molecule has 7 heteroatoms. The van der Waals surface area contributed by atoms with E-state index in [1.165, 1.54) is 6.20 Å². The Balaban J connectivity index is 1.53. The van der Waals surface area contributed by atoms with Crippen molar-refractivity contribution in [3.05, 3.63) is 52.2 Å². The highest BCUT2D eigenvalue weighted by Crippen LogP contribution is 2.23. The Hall–Kier alpha value is -2.41. The summed E-state index contributed by atoms with van der Waals surface area (Å²) in [6.45, 7) is 2.17. The maximum absolute atomic E-state index is 10.7. The molecule has 0 N–H and O–H groups in total. The fourth-order valence-electron chi connectivity index (χ4n) is 2.26. The van der Waals surface area contributed by atoms with E-state index < -0.39 is 4.92 Å². The molecule has 110 valence electrons. The van der Waals surface area contributed by atoms with E-state index >= 15 is 0 Å². The van der Waals surface area contributed by atoms with Crippen molar-refractivity contribution in [2.75, 3.05) is 13.2 Å². The standard InChI is InChI=1S/C14H15N3O4/c18-17(19)13-7-16-6-12(10-21-14(16)15-13)9-20-8-11-4-2-1-3-5-11/h1-5,7,12H,6,8-10H2. The fraction of sp³-hybridized carbons (Fsp3) is 0.357. The van der Waals surface area contributed by atoms with Crippen LogP contribution in [0.15, 0.2) is 36.5 Å². The third-order valence-corrected chi connectivity index (χ3v) is 3.28. The average molecular weight is 289 g/mol. The fourth-order valence-corrected chi connectivity index (χ4v) is 2.26. The Kier molecular flexibility index (Phi) is 3.83. The third-order valence-electron chi connectivity index (χ3n) is 3.28. The summed E-state index contributed by atoms with van der Waals surface area (Å²) in [4.78, 5) is 14.0. The van der Waals surface area contributed by atoms with Gasteiger partial charge in [-0.3, -0.25) is 4.57 Å². The van der Waals surface area contributed by atoms with Crippen LogP contribution < -0.4 is 4.74 Å². The summed E-state index contributed by atoms with van der Waals surface area (Å²) in [6.07, 6.45) is 1.40. The van der Waals surface area contributed by atoms with E-state index in [1.807, 2.05) is 30.3 Å². The number of hydrogen-bond donors (Lipinski definition) is 0. The van der Waals surface area contributed by atoms with Crippen LogP contribution in [0.25, 0.3) is 0 Å². The molecule has 1 atom stereocenters. The quantitative estimate of drug-likeness (QED) is 0.621. The van der Waals surface area contributed by atoms with Gasteiger partial charge in [0.05, 0.1) is 13.2 Å². The number of imidazole rings is 1. The summed E-state index contributed by atoms with van der Waals surface area (Å²) in [7, 11) is 0. The first-order chi connectivity index (χ1) is 10.2. The lowest BCUT2D eigenvalue weighted by atomic mass is 10.1. The van der Waals surface area contributed by atoms with Crippen LogP contribution in [-0.2, 0) is 17.9 Å². The number of ether oxygens (including phenoxy) is 2. The second-order valence-electron chi connectivity index (χ2n) is 4.97. The molecule has 1 aliphatic rings. The largest absolute Gasteiger partial charge is 0.445 e. The maximum Gasteiger partial charge on any atom is 0.414 e. The maximum atomic E-state index is 10.7. The molecule has 1 unspecified atom stereocenters. The molecule has 2 aromatic rings. The number of nitrogens with zero attached hydrogens (tertiary/aromatic N) is 3. The zero-order valence-electron chi connectivity index (χ0n) is 11.3. The molecule has 0 bridgehead atoms. The van der Waals surface area contributed by atoms with Crippen LogP contribution in [0.2, 0.25) is 0 Å². The van der Waals surface area contributed by atoms with Gasteiger partial charge in [-0.2, -0.15) is 0 Å². The molecule has 0 spiro atoms. The summed E-state index contributed by atoms with van der Waals surface area (Å²) < 4.78 is 12.8. The number of fused-ring (bicyclic) bond motifs is 1. The molecular weight excluding hydrogens is 274 g/mol. The van der Waals surface area contributed by atoms with E-state index in [4.69, 9.17) is 9.47 Å². The lowest BCUT2D eigenvalue weighted by Crippen LogP contribution is -2.28. The zero-order chi connectivity index (χ0) is 14.7. The number of hydrogen-bond acceptors (Lipinski definition) is 5. The van der Waals surface area contributed by atoms with Crippen LogP contribution in [-0.4, -0.2) is 27.7 Å². The number of aromatic nitrogens is 2. The van der Waals surface area contributed by atoms with Gasteiger partial charge >= 0.3 is 11.8 Å². The molecule has 0 aliphatic carbocycles. The van der Waals surface area contributed by atoms with Crippen molar-refractivity contribution in [3.8, 4) is 6.01 Å². The first kappa shape index (κ1) is 13.6. The van der Waals surface area contributed by atoms with Crippen LogP contribution >= 0.6 is 0 Å². The minimum atomic E-state index is -0.518. The van der Waals surface area contributed by atoms with E-state index in [9.17, 15) is 10.1 Å². The SMILES string of the molecule is O=[N+]([O-])c1cn2c(n1)OCC(COCc1ccccc1)C2. The summed E-state index contributed by atoms with van der Waals surface area (Å²) >= 11 is 0. The van der Waals surface area contributed by atoms with E-state index in [-0.39, 0.29) is 11.7 Å². The zero-order valence-corrected chi connectivity index (χ0v) is 11.3. The second-order valence-corrected chi connectivity index (χ2v) is 4.97. The van der Waals surface area contributed by atoms with Crippen molar-refractivity contribution >= 4 is 5.82 Å². The monoisotopic (exact) mass is 289 g/mol. The molecule has 0 radical (unpaired) electrons. The smallest absolute Gasteiger partial charge is 0.414 e. The Morgan fingerprint density at radius 3 is 3.00 bits per heavy atom. The third kappa shape index (κ3) is 3.19. The van der Waals surface area contributed by atoms with Gasteiger partial charge in [-0.15, -0.1) is 0 Å². The van der Waals surface area contributed by atoms with Crippen LogP contribution in [0.4, 0.5) is 5.82 Å². The molecular formula is C14H15N3O4. The van der Waals surface area contributed by atoms with Crippen molar-refractivity contribution < 1.29 is 14.4 Å². The molecule has 1 aliphatic heterocycles. The Morgan fingerprint density at radius 2 is 2.24 bits per heavy atom. The number of benzene rings is 1. The Morgan fingerprint density at radius 1 is 1.43 bits per heavy atom. The first-order valence-electron chi connectivity index (χ1n) is 6.68. The summed E-state index contributed by atoms with van der Waals surface area (Å²) in [5, 5.41) is 10.7. The molecule has 3 rings (SSSR count). The topological polar surface area (TPSA) is 79.4 Å². The van der Waals surface area contributed by atoms with E-state index in [1.54, 1.807) is 4.57 Å². The van der Waals surface area contributed by atoms with Crippen LogP contribution in [0, 0.1) is 16.0 Å². The molecule has 7 nitrogen and oxygen atoms in total. The van der Waals surface area contributed by atoms with Gasteiger partial charge in [-0.05, 0) is 10.5 Å². The van der Waals surface area contributed by atoms with Gasteiger partial charge in [0.15, 0.2) is 0 Å². The van der Waals surface area contributed by atoms with E-state index in [2.05, 4.69) is 4.98 Å². The summed E-state index contributed by atoms with van der Waals surface area (Å²) in [5.74, 6) is -0.0223. The molecule has 0 saturated heterocycles. The molecule has 2 heterocycles. The van der Waals surface area contributed by atoms with Crippen LogP contribution in [0.1, 0.15) is 5.56 Å². The van der Waals surface area contributed by atoms with Crippen molar-refractivity contribution in [3.63, 3.8) is 0 Å². The van der Waals surface area contributed by atoms with Gasteiger partial charge in [-0.1, -0.05) is 30.3 Å². The van der Waals surface area contributed by atoms with Gasteiger partial charge in [-0.25, -0.2) is 0 Å².